The molecule has 1 aliphatic heterocycles. The molecule has 1 saturated heterocycles. The van der Waals surface area contributed by atoms with Gasteiger partial charge in [-0.05, 0) is 58.2 Å². The van der Waals surface area contributed by atoms with Gasteiger partial charge in [0.1, 0.15) is 0 Å². The standard InChI is InChI=1S/C15H30N2O/c1-13(10-16-15(2,3)4)11-17-8-6-14(7-9-17)12-18-5/h14,16H,1,6-12H2,2-5H3. The Labute approximate surface area is 113 Å². The number of hydrogen-bond donors (Lipinski definition) is 1. The summed E-state index contributed by atoms with van der Waals surface area (Å²) in [5.41, 5.74) is 1.46. The molecule has 1 N–H and O–H groups in total. The molecule has 0 aromatic heterocycles. The van der Waals surface area contributed by atoms with Crippen molar-refractivity contribution in [3.8, 4) is 0 Å². The molecule has 0 aromatic rings. The van der Waals surface area contributed by atoms with Crippen LogP contribution in [0.15, 0.2) is 12.2 Å². The van der Waals surface area contributed by atoms with Crippen molar-refractivity contribution in [2.24, 2.45) is 5.92 Å². The zero-order valence-corrected chi connectivity index (χ0v) is 12.6. The number of nitrogens with one attached hydrogen (secondary N) is 1. The first kappa shape index (κ1) is 15.7. The Hall–Kier alpha value is -0.380. The highest BCUT2D eigenvalue weighted by atomic mass is 16.5. The van der Waals surface area contributed by atoms with E-state index in [2.05, 4.69) is 37.6 Å². The number of nitrogens with zero attached hydrogens (tertiary/aromatic N) is 1. The summed E-state index contributed by atoms with van der Waals surface area (Å²) in [7, 11) is 1.80. The molecule has 106 valence electrons. The van der Waals surface area contributed by atoms with E-state index in [1.165, 1.54) is 31.5 Å². The first-order valence-corrected chi connectivity index (χ1v) is 7.03. The fraction of sp³-hybridized carbons (Fsp3) is 0.867. The highest BCUT2D eigenvalue weighted by Crippen LogP contribution is 2.17. The van der Waals surface area contributed by atoms with E-state index in [0.717, 1.165) is 25.6 Å². The number of ether oxygens (including phenoxy) is 1. The van der Waals surface area contributed by atoms with Gasteiger partial charge in [0.25, 0.3) is 0 Å². The molecule has 1 rings (SSSR count). The molecule has 0 unspecified atom stereocenters. The van der Waals surface area contributed by atoms with Gasteiger partial charge in [-0.25, -0.2) is 0 Å². The Bertz CT molecular complexity index is 250. The lowest BCUT2D eigenvalue weighted by Gasteiger charge is -2.32. The molecular formula is C15H30N2O. The molecule has 1 fully saturated rings. The maximum Gasteiger partial charge on any atom is 0.0491 e. The van der Waals surface area contributed by atoms with Gasteiger partial charge in [-0.1, -0.05) is 6.58 Å². The van der Waals surface area contributed by atoms with Crippen LogP contribution in [0.25, 0.3) is 0 Å². The third kappa shape index (κ3) is 6.53. The molecule has 0 atom stereocenters. The summed E-state index contributed by atoms with van der Waals surface area (Å²) in [4.78, 5) is 2.51. The van der Waals surface area contributed by atoms with Crippen LogP contribution < -0.4 is 5.32 Å². The molecular weight excluding hydrogens is 224 g/mol. The second-order valence-electron chi connectivity index (χ2n) is 6.53. The van der Waals surface area contributed by atoms with E-state index in [9.17, 15) is 0 Å². The molecule has 0 aliphatic carbocycles. The maximum absolute atomic E-state index is 5.23. The van der Waals surface area contributed by atoms with Gasteiger partial charge in [-0.2, -0.15) is 0 Å². The third-order valence-corrected chi connectivity index (χ3v) is 3.43. The minimum atomic E-state index is 0.175. The van der Waals surface area contributed by atoms with E-state index in [0.29, 0.717) is 0 Å². The summed E-state index contributed by atoms with van der Waals surface area (Å²) in [6.45, 7) is 16.0. The Morgan fingerprint density at radius 3 is 2.44 bits per heavy atom. The average Bonchev–Trinajstić information content (AvgIpc) is 2.29. The van der Waals surface area contributed by atoms with Crippen molar-refractivity contribution in [1.82, 2.24) is 10.2 Å². The van der Waals surface area contributed by atoms with E-state index in [1.807, 2.05) is 0 Å². The molecule has 3 nitrogen and oxygen atoms in total. The van der Waals surface area contributed by atoms with Crippen molar-refractivity contribution in [2.45, 2.75) is 39.2 Å². The monoisotopic (exact) mass is 254 g/mol. The van der Waals surface area contributed by atoms with Crippen molar-refractivity contribution in [1.29, 1.82) is 0 Å². The van der Waals surface area contributed by atoms with E-state index < -0.39 is 0 Å². The lowest BCUT2D eigenvalue weighted by molar-refractivity contribution is 0.103. The van der Waals surface area contributed by atoms with E-state index in [-0.39, 0.29) is 5.54 Å². The summed E-state index contributed by atoms with van der Waals surface area (Å²) in [5.74, 6) is 0.757. The lowest BCUT2D eigenvalue weighted by Crippen LogP contribution is -2.40. The van der Waals surface area contributed by atoms with Crippen LogP contribution in [0.2, 0.25) is 0 Å². The summed E-state index contributed by atoms with van der Waals surface area (Å²) >= 11 is 0. The zero-order valence-electron chi connectivity index (χ0n) is 12.6. The molecule has 0 aromatic carbocycles. The summed E-state index contributed by atoms with van der Waals surface area (Å²) < 4.78 is 5.23. The van der Waals surface area contributed by atoms with Crippen LogP contribution in [-0.2, 0) is 4.74 Å². The van der Waals surface area contributed by atoms with Crippen LogP contribution >= 0.6 is 0 Å². The predicted molar refractivity (Wildman–Crippen MR) is 77.9 cm³/mol. The molecule has 0 bridgehead atoms. The lowest BCUT2D eigenvalue weighted by atomic mass is 9.97. The number of piperidine rings is 1. The van der Waals surface area contributed by atoms with Crippen molar-refractivity contribution >= 4 is 0 Å². The smallest absolute Gasteiger partial charge is 0.0491 e. The first-order valence-electron chi connectivity index (χ1n) is 7.03. The van der Waals surface area contributed by atoms with Gasteiger partial charge in [0.05, 0.1) is 0 Å². The van der Waals surface area contributed by atoms with Crippen LogP contribution in [0.4, 0.5) is 0 Å². The van der Waals surface area contributed by atoms with E-state index in [1.54, 1.807) is 7.11 Å². The SMILES string of the molecule is C=C(CNC(C)(C)C)CN1CCC(COC)CC1. The van der Waals surface area contributed by atoms with Crippen LogP contribution in [-0.4, -0.2) is 50.3 Å². The van der Waals surface area contributed by atoms with Crippen LogP contribution in [0.3, 0.4) is 0 Å². The zero-order chi connectivity index (χ0) is 13.6. The van der Waals surface area contributed by atoms with Crippen molar-refractivity contribution < 1.29 is 4.74 Å². The first-order chi connectivity index (χ1) is 8.40. The van der Waals surface area contributed by atoms with E-state index in [4.69, 9.17) is 4.74 Å². The fourth-order valence-electron chi connectivity index (χ4n) is 2.31. The summed E-state index contributed by atoms with van der Waals surface area (Å²) in [6.07, 6.45) is 2.52. The molecule has 0 saturated carbocycles. The summed E-state index contributed by atoms with van der Waals surface area (Å²) in [6, 6.07) is 0. The highest BCUT2D eigenvalue weighted by Gasteiger charge is 2.19. The van der Waals surface area contributed by atoms with E-state index >= 15 is 0 Å². The Morgan fingerprint density at radius 1 is 1.33 bits per heavy atom. The number of likely N-dealkylation sites (tertiary alicyclic amines) is 1. The largest absolute Gasteiger partial charge is 0.384 e. The van der Waals surface area contributed by atoms with Gasteiger partial charge in [0, 0.05) is 32.3 Å². The Kier molecular flexibility index (Phi) is 6.33. The minimum absolute atomic E-state index is 0.175. The second kappa shape index (κ2) is 7.27. The quantitative estimate of drug-likeness (QED) is 0.736. The Morgan fingerprint density at radius 2 is 1.94 bits per heavy atom. The van der Waals surface area contributed by atoms with Gasteiger partial charge < -0.3 is 10.1 Å². The van der Waals surface area contributed by atoms with Gasteiger partial charge >= 0.3 is 0 Å². The predicted octanol–water partition coefficient (Wildman–Crippen LogP) is 2.29. The van der Waals surface area contributed by atoms with Gasteiger partial charge in [-0.15, -0.1) is 0 Å². The topological polar surface area (TPSA) is 24.5 Å². The van der Waals surface area contributed by atoms with Crippen LogP contribution in [0, 0.1) is 5.92 Å². The second-order valence-corrected chi connectivity index (χ2v) is 6.53. The molecule has 18 heavy (non-hydrogen) atoms. The Balaban J connectivity index is 2.18. The number of methoxy groups -OCH3 is 1. The van der Waals surface area contributed by atoms with Crippen molar-refractivity contribution in [2.75, 3.05) is 39.9 Å². The molecule has 0 spiro atoms. The van der Waals surface area contributed by atoms with Crippen molar-refractivity contribution in [3.05, 3.63) is 12.2 Å². The van der Waals surface area contributed by atoms with Crippen LogP contribution in [0.5, 0.6) is 0 Å². The molecule has 1 heterocycles. The normalized spacial score (nSPS) is 19.1. The number of rotatable bonds is 6. The summed E-state index contributed by atoms with van der Waals surface area (Å²) in [5, 5.41) is 3.49. The van der Waals surface area contributed by atoms with Crippen molar-refractivity contribution in [3.63, 3.8) is 0 Å². The third-order valence-electron chi connectivity index (χ3n) is 3.43. The van der Waals surface area contributed by atoms with Crippen LogP contribution in [0.1, 0.15) is 33.6 Å². The molecule has 0 amide bonds. The van der Waals surface area contributed by atoms with Gasteiger partial charge in [-0.3, -0.25) is 4.90 Å². The fourth-order valence-corrected chi connectivity index (χ4v) is 2.31. The number of hydrogen-bond acceptors (Lipinski definition) is 3. The molecule has 0 radical (unpaired) electrons. The molecule has 1 aliphatic rings. The van der Waals surface area contributed by atoms with Gasteiger partial charge in [0.15, 0.2) is 0 Å². The highest BCUT2D eigenvalue weighted by molar-refractivity contribution is 5.01. The van der Waals surface area contributed by atoms with Gasteiger partial charge in [0.2, 0.25) is 0 Å². The average molecular weight is 254 g/mol. The maximum atomic E-state index is 5.23. The molecule has 3 heteroatoms. The minimum Gasteiger partial charge on any atom is -0.384 e.